The number of aliphatic carboxylic acids is 1. The van der Waals surface area contributed by atoms with Gasteiger partial charge in [0.15, 0.2) is 5.16 Å². The maximum atomic E-state index is 13.6. The third kappa shape index (κ3) is 2.76. The number of aromatic nitrogens is 2. The first-order chi connectivity index (χ1) is 9.54. The van der Waals surface area contributed by atoms with Crippen molar-refractivity contribution < 1.29 is 14.3 Å². The zero-order chi connectivity index (χ0) is 14.3. The minimum atomic E-state index is -0.899. The number of rotatable bonds is 5. The fourth-order valence-electron chi connectivity index (χ4n) is 2.07. The van der Waals surface area contributed by atoms with Crippen LogP contribution in [0.5, 0.6) is 0 Å². The lowest BCUT2D eigenvalue weighted by Crippen LogP contribution is -2.04. The van der Waals surface area contributed by atoms with Crippen molar-refractivity contribution in [1.82, 2.24) is 9.55 Å². The summed E-state index contributed by atoms with van der Waals surface area (Å²) in [5, 5.41) is 9.42. The number of benzene rings is 1. The molecular formula is C13H12ClFN2O2S. The van der Waals surface area contributed by atoms with Crippen molar-refractivity contribution in [2.24, 2.45) is 5.92 Å². The van der Waals surface area contributed by atoms with Crippen molar-refractivity contribution in [3.8, 4) is 0 Å². The first kappa shape index (κ1) is 13.7. The number of carboxylic acids is 1. The molecule has 0 aliphatic heterocycles. The molecule has 0 atom stereocenters. The highest BCUT2D eigenvalue weighted by atomic mass is 35.5. The van der Waals surface area contributed by atoms with E-state index in [2.05, 4.69) is 4.98 Å². The molecule has 1 aromatic heterocycles. The summed E-state index contributed by atoms with van der Waals surface area (Å²) in [4.78, 5) is 15.1. The summed E-state index contributed by atoms with van der Waals surface area (Å²) in [5.74, 6) is -0.866. The molecule has 1 saturated carbocycles. The number of hydrogen-bond acceptors (Lipinski definition) is 3. The quantitative estimate of drug-likeness (QED) is 0.859. The van der Waals surface area contributed by atoms with Crippen molar-refractivity contribution in [2.75, 3.05) is 5.75 Å². The molecule has 1 N–H and O–H groups in total. The van der Waals surface area contributed by atoms with Crippen molar-refractivity contribution in [1.29, 1.82) is 0 Å². The highest BCUT2D eigenvalue weighted by Gasteiger charge is 2.25. The van der Waals surface area contributed by atoms with Crippen LogP contribution in [0.4, 0.5) is 4.39 Å². The van der Waals surface area contributed by atoms with Crippen LogP contribution in [-0.2, 0) is 11.3 Å². The van der Waals surface area contributed by atoms with E-state index in [0.29, 0.717) is 22.1 Å². The van der Waals surface area contributed by atoms with Gasteiger partial charge in [-0.25, -0.2) is 9.37 Å². The molecule has 106 valence electrons. The monoisotopic (exact) mass is 314 g/mol. The number of hydrogen-bond donors (Lipinski definition) is 1. The Labute approximate surface area is 123 Å². The molecule has 1 aromatic carbocycles. The molecule has 0 saturated heterocycles. The molecule has 3 rings (SSSR count). The lowest BCUT2D eigenvalue weighted by Gasteiger charge is -2.07. The lowest BCUT2D eigenvalue weighted by molar-refractivity contribution is -0.133. The smallest absolute Gasteiger partial charge is 0.313 e. The number of carboxylic acid groups (broad SMARTS) is 1. The maximum Gasteiger partial charge on any atom is 0.313 e. The Kier molecular flexibility index (Phi) is 3.60. The van der Waals surface area contributed by atoms with Crippen LogP contribution in [0.25, 0.3) is 11.0 Å². The van der Waals surface area contributed by atoms with Gasteiger partial charge in [0.1, 0.15) is 5.82 Å². The summed E-state index contributed by atoms with van der Waals surface area (Å²) in [6.45, 7) is 0.750. The largest absolute Gasteiger partial charge is 0.481 e. The predicted molar refractivity (Wildman–Crippen MR) is 75.8 cm³/mol. The summed E-state index contributed by atoms with van der Waals surface area (Å²) in [7, 11) is 0. The van der Waals surface area contributed by atoms with Gasteiger partial charge in [-0.2, -0.15) is 0 Å². The van der Waals surface area contributed by atoms with Crippen LogP contribution in [0.15, 0.2) is 17.3 Å². The van der Waals surface area contributed by atoms with E-state index < -0.39 is 11.8 Å². The average molecular weight is 315 g/mol. The minimum Gasteiger partial charge on any atom is -0.481 e. The van der Waals surface area contributed by atoms with Crippen LogP contribution >= 0.6 is 23.4 Å². The highest BCUT2D eigenvalue weighted by molar-refractivity contribution is 7.99. The molecule has 1 aliphatic rings. The van der Waals surface area contributed by atoms with Gasteiger partial charge < -0.3 is 9.67 Å². The average Bonchev–Trinajstić information content (AvgIpc) is 3.14. The lowest BCUT2D eigenvalue weighted by atomic mass is 10.3. The highest BCUT2D eigenvalue weighted by Crippen LogP contribution is 2.35. The summed E-state index contributed by atoms with van der Waals surface area (Å²) < 4.78 is 15.5. The number of carbonyl (C=O) groups is 1. The van der Waals surface area contributed by atoms with Crippen LogP contribution in [0.3, 0.4) is 0 Å². The van der Waals surface area contributed by atoms with Gasteiger partial charge in [0.05, 0.1) is 21.8 Å². The Balaban J connectivity index is 2.03. The fourth-order valence-corrected chi connectivity index (χ4v) is 2.97. The molecule has 0 radical (unpaired) electrons. The van der Waals surface area contributed by atoms with E-state index in [-0.39, 0.29) is 10.8 Å². The molecular weight excluding hydrogens is 303 g/mol. The predicted octanol–water partition coefficient (Wildman–Crippen LogP) is 3.42. The maximum absolute atomic E-state index is 13.6. The first-order valence-electron chi connectivity index (χ1n) is 6.24. The second kappa shape index (κ2) is 5.26. The Morgan fingerprint density at radius 1 is 1.55 bits per heavy atom. The van der Waals surface area contributed by atoms with Crippen LogP contribution in [0.2, 0.25) is 5.02 Å². The van der Waals surface area contributed by atoms with Gasteiger partial charge in [-0.1, -0.05) is 23.4 Å². The van der Waals surface area contributed by atoms with Gasteiger partial charge in [-0.3, -0.25) is 4.79 Å². The molecule has 4 nitrogen and oxygen atoms in total. The van der Waals surface area contributed by atoms with E-state index in [4.69, 9.17) is 16.7 Å². The zero-order valence-electron chi connectivity index (χ0n) is 10.5. The summed E-state index contributed by atoms with van der Waals surface area (Å²) >= 11 is 6.92. The van der Waals surface area contributed by atoms with Gasteiger partial charge >= 0.3 is 5.97 Å². The van der Waals surface area contributed by atoms with Crippen molar-refractivity contribution >= 4 is 40.4 Å². The number of nitrogens with zero attached hydrogens (tertiary/aromatic N) is 2. The topological polar surface area (TPSA) is 55.1 Å². The van der Waals surface area contributed by atoms with Gasteiger partial charge in [0.25, 0.3) is 0 Å². The molecule has 1 aliphatic carbocycles. The standard InChI is InChI=1S/C13H12ClFN2O2S/c14-8-3-10-11(4-9(8)15)17(5-7-1-2-7)13(16-10)20-6-12(18)19/h3-4,7H,1-2,5-6H2,(H,18,19). The van der Waals surface area contributed by atoms with Crippen molar-refractivity contribution in [3.05, 3.63) is 23.0 Å². The third-order valence-electron chi connectivity index (χ3n) is 3.22. The fraction of sp³-hybridized carbons (Fsp3) is 0.385. The van der Waals surface area contributed by atoms with Crippen LogP contribution in [0, 0.1) is 11.7 Å². The third-order valence-corrected chi connectivity index (χ3v) is 4.47. The number of thioether (sulfide) groups is 1. The zero-order valence-corrected chi connectivity index (χ0v) is 12.0. The first-order valence-corrected chi connectivity index (χ1v) is 7.61. The Morgan fingerprint density at radius 2 is 2.30 bits per heavy atom. The molecule has 0 amide bonds. The SMILES string of the molecule is O=C(O)CSc1nc2cc(Cl)c(F)cc2n1CC1CC1. The molecule has 0 bridgehead atoms. The van der Waals surface area contributed by atoms with Crippen LogP contribution < -0.4 is 0 Å². The Bertz CT molecular complexity index is 685. The van der Waals surface area contributed by atoms with Crippen LogP contribution in [0.1, 0.15) is 12.8 Å². The number of imidazole rings is 1. The van der Waals surface area contributed by atoms with Gasteiger partial charge in [0.2, 0.25) is 0 Å². The molecule has 1 fully saturated rings. The normalized spacial score (nSPS) is 14.9. The van der Waals surface area contributed by atoms with Crippen molar-refractivity contribution in [3.63, 3.8) is 0 Å². The van der Waals surface area contributed by atoms with Crippen LogP contribution in [-0.4, -0.2) is 26.4 Å². The molecule has 7 heteroatoms. The van der Waals surface area contributed by atoms with Crippen molar-refractivity contribution in [2.45, 2.75) is 24.5 Å². The van der Waals surface area contributed by atoms with E-state index in [9.17, 15) is 9.18 Å². The number of fused-ring (bicyclic) bond motifs is 1. The second-order valence-corrected chi connectivity index (χ2v) is 6.24. The Hall–Kier alpha value is -1.27. The minimum absolute atomic E-state index is 0.0309. The summed E-state index contributed by atoms with van der Waals surface area (Å²) in [5.41, 5.74) is 1.27. The number of halogens is 2. The van der Waals surface area contributed by atoms with Gasteiger partial charge in [-0.15, -0.1) is 0 Å². The second-order valence-electron chi connectivity index (χ2n) is 4.89. The van der Waals surface area contributed by atoms with E-state index in [0.717, 1.165) is 31.1 Å². The van der Waals surface area contributed by atoms with E-state index in [1.54, 1.807) is 0 Å². The van der Waals surface area contributed by atoms with E-state index in [1.165, 1.54) is 12.1 Å². The molecule has 0 unspecified atom stereocenters. The molecule has 2 aromatic rings. The van der Waals surface area contributed by atoms with E-state index >= 15 is 0 Å². The Morgan fingerprint density at radius 3 is 2.95 bits per heavy atom. The molecule has 0 spiro atoms. The summed E-state index contributed by atoms with van der Waals surface area (Å²) in [6, 6.07) is 2.86. The van der Waals surface area contributed by atoms with Gasteiger partial charge in [0, 0.05) is 12.6 Å². The summed E-state index contributed by atoms with van der Waals surface area (Å²) in [6.07, 6.45) is 2.30. The molecule has 1 heterocycles. The van der Waals surface area contributed by atoms with E-state index in [1.807, 2.05) is 4.57 Å². The van der Waals surface area contributed by atoms with Gasteiger partial charge in [-0.05, 0) is 24.8 Å². The molecule has 20 heavy (non-hydrogen) atoms.